The second-order valence-electron chi connectivity index (χ2n) is 5.30. The van der Waals surface area contributed by atoms with Crippen LogP contribution >= 0.6 is 11.6 Å². The predicted molar refractivity (Wildman–Crippen MR) is 95.9 cm³/mol. The van der Waals surface area contributed by atoms with Gasteiger partial charge in [0.2, 0.25) is 5.91 Å². The van der Waals surface area contributed by atoms with E-state index in [0.717, 1.165) is 0 Å². The van der Waals surface area contributed by atoms with E-state index in [1.807, 2.05) is 0 Å². The Morgan fingerprint density at radius 3 is 2.20 bits per heavy atom. The average Bonchev–Trinajstić information content (AvgIpc) is 2.62. The fourth-order valence-corrected chi connectivity index (χ4v) is 2.47. The summed E-state index contributed by atoms with van der Waals surface area (Å²) in [6.07, 6.45) is 3.09. The molecular weight excluding hydrogens is 344 g/mol. The van der Waals surface area contributed by atoms with E-state index in [9.17, 15) is 14.4 Å². The Hall–Kier alpha value is -3.19. The molecule has 0 fully saturated rings. The van der Waals surface area contributed by atoms with E-state index in [2.05, 4.69) is 15.6 Å². The summed E-state index contributed by atoms with van der Waals surface area (Å²) in [7, 11) is 0. The molecule has 126 valence electrons. The highest BCUT2D eigenvalue weighted by molar-refractivity contribution is 6.30. The molecule has 1 heterocycles. The van der Waals surface area contributed by atoms with Crippen LogP contribution < -0.4 is 27.2 Å². The maximum atomic E-state index is 11.9. The molecule has 7 nitrogen and oxygen atoms in total. The fourth-order valence-electron chi connectivity index (χ4n) is 2.35. The number of carbonyl (C=O) groups is 1. The normalized spacial score (nSPS) is 11.9. The first kappa shape index (κ1) is 16.7. The number of nitrogens with zero attached hydrogens (tertiary/aromatic N) is 1. The van der Waals surface area contributed by atoms with Gasteiger partial charge in [0.25, 0.3) is 10.9 Å². The average molecular weight is 357 g/mol. The maximum Gasteiger partial charge on any atom is 0.253 e. The molecule has 1 aromatic heterocycles. The summed E-state index contributed by atoms with van der Waals surface area (Å²) >= 11 is 5.84. The molecule has 25 heavy (non-hydrogen) atoms. The molecule has 2 aromatic carbocycles. The second-order valence-corrected chi connectivity index (χ2v) is 5.74. The highest BCUT2D eigenvalue weighted by Gasteiger charge is 2.26. The summed E-state index contributed by atoms with van der Waals surface area (Å²) in [5.41, 5.74) is 5.26. The first-order valence-electron chi connectivity index (χ1n) is 7.29. The first-order valence-corrected chi connectivity index (χ1v) is 7.67. The van der Waals surface area contributed by atoms with Crippen molar-refractivity contribution < 1.29 is 4.79 Å². The number of primary amides is 1. The fraction of sp³-hybridized carbons (Fsp3) is 0.0588. The number of hydrogen-bond donors (Lipinski definition) is 3. The third-order valence-corrected chi connectivity index (χ3v) is 3.89. The van der Waals surface area contributed by atoms with Crippen LogP contribution in [0, 0.1) is 0 Å². The Bertz CT molecular complexity index is 980. The molecule has 0 radical (unpaired) electrons. The Balaban J connectivity index is 1.90. The minimum absolute atomic E-state index is 0.0144. The molecule has 0 spiro atoms. The van der Waals surface area contributed by atoms with E-state index >= 15 is 0 Å². The molecule has 1 amide bonds. The number of hydrogen-bond acceptors (Lipinski definition) is 6. The van der Waals surface area contributed by atoms with Crippen molar-refractivity contribution >= 4 is 34.6 Å². The predicted octanol–water partition coefficient (Wildman–Crippen LogP) is 1.71. The molecular formula is C17H13ClN4O3. The van der Waals surface area contributed by atoms with Crippen LogP contribution in [0.1, 0.15) is 11.6 Å². The molecule has 0 bridgehead atoms. The summed E-state index contributed by atoms with van der Waals surface area (Å²) in [6, 6.07) is 8.76. The number of pyridine rings is 1. The first-order chi connectivity index (χ1) is 12.0. The minimum atomic E-state index is -0.974. The van der Waals surface area contributed by atoms with Gasteiger partial charge in [-0.2, -0.15) is 0 Å². The van der Waals surface area contributed by atoms with Crippen LogP contribution in [0.4, 0.5) is 17.1 Å². The van der Waals surface area contributed by atoms with E-state index in [1.165, 1.54) is 0 Å². The second kappa shape index (κ2) is 6.74. The molecule has 0 aliphatic rings. The number of amides is 1. The molecule has 0 saturated heterocycles. The Morgan fingerprint density at radius 1 is 1.00 bits per heavy atom. The summed E-state index contributed by atoms with van der Waals surface area (Å²) in [6.45, 7) is 0. The smallest absolute Gasteiger partial charge is 0.253 e. The van der Waals surface area contributed by atoms with Crippen molar-refractivity contribution in [2.24, 2.45) is 5.73 Å². The molecule has 0 aliphatic heterocycles. The number of benzene rings is 1. The number of nitrogens with one attached hydrogen (secondary N) is 2. The van der Waals surface area contributed by atoms with Gasteiger partial charge in [0.1, 0.15) is 17.4 Å². The quantitative estimate of drug-likeness (QED) is 0.579. The van der Waals surface area contributed by atoms with E-state index in [4.69, 9.17) is 17.3 Å². The summed E-state index contributed by atoms with van der Waals surface area (Å²) in [5.74, 6) is -0.690. The molecule has 0 aliphatic carbocycles. The topological polar surface area (TPSA) is 114 Å². The van der Waals surface area contributed by atoms with E-state index in [-0.39, 0.29) is 11.4 Å². The number of nitrogens with two attached hydrogens (primary N) is 1. The van der Waals surface area contributed by atoms with Crippen molar-refractivity contribution in [3.8, 4) is 0 Å². The molecule has 4 N–H and O–H groups in total. The maximum absolute atomic E-state index is 11.9. The minimum Gasteiger partial charge on any atom is -0.368 e. The van der Waals surface area contributed by atoms with Crippen LogP contribution in [-0.4, -0.2) is 10.9 Å². The van der Waals surface area contributed by atoms with Gasteiger partial charge in [-0.3, -0.25) is 19.4 Å². The third-order valence-electron chi connectivity index (χ3n) is 3.64. The van der Waals surface area contributed by atoms with Crippen LogP contribution in [0.5, 0.6) is 0 Å². The lowest BCUT2D eigenvalue weighted by molar-refractivity contribution is -0.118. The lowest BCUT2D eigenvalue weighted by Crippen LogP contribution is -2.39. The van der Waals surface area contributed by atoms with Crippen molar-refractivity contribution in [1.29, 1.82) is 0 Å². The van der Waals surface area contributed by atoms with Gasteiger partial charge in [0.15, 0.2) is 0 Å². The van der Waals surface area contributed by atoms with E-state index in [1.54, 1.807) is 48.8 Å². The van der Waals surface area contributed by atoms with Crippen LogP contribution in [0.3, 0.4) is 0 Å². The number of carbonyl (C=O) groups excluding carboxylic acids is 1. The molecule has 1 atom stereocenters. The van der Waals surface area contributed by atoms with Gasteiger partial charge < -0.3 is 16.4 Å². The summed E-state index contributed by atoms with van der Waals surface area (Å²) in [5, 5.41) is 6.10. The van der Waals surface area contributed by atoms with Crippen molar-refractivity contribution in [2.45, 2.75) is 6.04 Å². The lowest BCUT2D eigenvalue weighted by atomic mass is 10.0. The molecule has 3 rings (SSSR count). The van der Waals surface area contributed by atoms with Crippen LogP contribution in [-0.2, 0) is 4.79 Å². The zero-order valence-electron chi connectivity index (χ0n) is 12.8. The number of anilines is 3. The number of rotatable bonds is 6. The van der Waals surface area contributed by atoms with Gasteiger partial charge in [0, 0.05) is 23.1 Å². The zero-order chi connectivity index (χ0) is 18.0. The molecule has 8 heteroatoms. The van der Waals surface area contributed by atoms with Crippen LogP contribution in [0.15, 0.2) is 58.4 Å². The highest BCUT2D eigenvalue weighted by Crippen LogP contribution is 2.25. The Labute approximate surface area is 147 Å². The third kappa shape index (κ3) is 3.36. The standard InChI is InChI=1S/C17H13ClN4O3/c18-10-3-1-9(2-4-10)12(17(19)25)22-14-13(15(23)16(14)24)21-11-5-7-20-8-6-11/h1-8,12,22H,(H2,19,25)(H,20,21). The van der Waals surface area contributed by atoms with Gasteiger partial charge in [0.05, 0.1) is 0 Å². The van der Waals surface area contributed by atoms with Crippen molar-refractivity contribution in [2.75, 3.05) is 10.6 Å². The van der Waals surface area contributed by atoms with Crippen molar-refractivity contribution in [3.63, 3.8) is 0 Å². The zero-order valence-corrected chi connectivity index (χ0v) is 13.6. The van der Waals surface area contributed by atoms with Gasteiger partial charge in [-0.05, 0) is 29.8 Å². The monoisotopic (exact) mass is 356 g/mol. The van der Waals surface area contributed by atoms with Gasteiger partial charge in [-0.25, -0.2) is 0 Å². The van der Waals surface area contributed by atoms with Gasteiger partial charge in [-0.1, -0.05) is 23.7 Å². The van der Waals surface area contributed by atoms with E-state index < -0.39 is 22.8 Å². The van der Waals surface area contributed by atoms with Gasteiger partial charge >= 0.3 is 0 Å². The van der Waals surface area contributed by atoms with Crippen LogP contribution in [0.25, 0.3) is 0 Å². The molecule has 0 saturated carbocycles. The SMILES string of the molecule is NC(=O)C(Nc1c(Nc2ccncc2)c(=O)c1=O)c1ccc(Cl)cc1. The van der Waals surface area contributed by atoms with E-state index in [0.29, 0.717) is 16.3 Å². The summed E-state index contributed by atoms with van der Waals surface area (Å²) in [4.78, 5) is 39.4. The van der Waals surface area contributed by atoms with Crippen molar-refractivity contribution in [1.82, 2.24) is 4.98 Å². The molecule has 1 unspecified atom stereocenters. The Kier molecular flexibility index (Phi) is 4.49. The Morgan fingerprint density at radius 2 is 1.60 bits per heavy atom. The number of halogens is 1. The van der Waals surface area contributed by atoms with Crippen LogP contribution in [0.2, 0.25) is 5.02 Å². The molecule has 3 aromatic rings. The van der Waals surface area contributed by atoms with Crippen molar-refractivity contribution in [3.05, 3.63) is 79.8 Å². The summed E-state index contributed by atoms with van der Waals surface area (Å²) < 4.78 is 0. The number of aromatic nitrogens is 1. The lowest BCUT2D eigenvalue weighted by Gasteiger charge is -2.20. The van der Waals surface area contributed by atoms with Gasteiger partial charge in [-0.15, -0.1) is 0 Å². The highest BCUT2D eigenvalue weighted by atomic mass is 35.5. The largest absolute Gasteiger partial charge is 0.368 e.